The maximum Gasteiger partial charge on any atom is 0.329 e. The van der Waals surface area contributed by atoms with Crippen LogP contribution in [0.5, 0.6) is 0 Å². The van der Waals surface area contributed by atoms with Gasteiger partial charge in [0.2, 0.25) is 11.8 Å². The van der Waals surface area contributed by atoms with E-state index in [1.807, 2.05) is 30.5 Å². The van der Waals surface area contributed by atoms with Crippen molar-refractivity contribution in [2.24, 2.45) is 13.0 Å². The van der Waals surface area contributed by atoms with E-state index in [2.05, 4.69) is 43.2 Å². The van der Waals surface area contributed by atoms with Gasteiger partial charge in [0.05, 0.1) is 38.9 Å². The number of nitrogens with one attached hydrogen (secondary N) is 2. The zero-order valence-corrected chi connectivity index (χ0v) is 33.6. The maximum atomic E-state index is 13.5. The van der Waals surface area contributed by atoms with Crippen molar-refractivity contribution in [3.05, 3.63) is 81.6 Å². The van der Waals surface area contributed by atoms with Gasteiger partial charge in [-0.3, -0.25) is 33.5 Å². The molecule has 8 rings (SSSR count). The molecule has 5 aromatic rings. The summed E-state index contributed by atoms with van der Waals surface area (Å²) in [5.41, 5.74) is 2.98. The van der Waals surface area contributed by atoms with Gasteiger partial charge in [0.1, 0.15) is 11.7 Å². The number of imide groups is 1. The molecule has 3 fully saturated rings. The summed E-state index contributed by atoms with van der Waals surface area (Å²) < 4.78 is 5.25. The molecule has 5 heterocycles. The van der Waals surface area contributed by atoms with E-state index in [4.69, 9.17) is 16.7 Å². The van der Waals surface area contributed by atoms with Gasteiger partial charge in [-0.2, -0.15) is 5.10 Å². The molecule has 0 spiro atoms. The first-order valence-corrected chi connectivity index (χ1v) is 20.3. The van der Waals surface area contributed by atoms with Gasteiger partial charge in [0, 0.05) is 68.2 Å². The standard InChI is InChI=1S/C42H50ClN9O5/c1-42(2,57)29-22-31-26(21-32(29)45-40(55)37-30(43)7-6-18-44-37)24-51(47-31)28-12-10-25(11-13-28)23-48(3)27-16-19-50(20-17-27)33-8-5-9-34-38(33)49(4)41(56)52(34)35-14-15-36(53)46-39(35)54/h5-9,18,21-22,24-25,27-28,35,57H,10-17,19-20,23H2,1-4H3,(H,45,55)(H,46,53,54)/t25-,28-,35?. The smallest absolute Gasteiger partial charge is 0.329 e. The number of anilines is 2. The molecule has 15 heteroatoms. The lowest BCUT2D eigenvalue weighted by Gasteiger charge is -2.40. The number of piperidine rings is 2. The average molecular weight is 796 g/mol. The molecule has 57 heavy (non-hydrogen) atoms. The molecule has 2 aromatic carbocycles. The zero-order valence-electron chi connectivity index (χ0n) is 32.9. The monoisotopic (exact) mass is 795 g/mol. The van der Waals surface area contributed by atoms with Crippen LogP contribution in [0.4, 0.5) is 11.4 Å². The Labute approximate surface area is 335 Å². The van der Waals surface area contributed by atoms with Crippen molar-refractivity contribution in [2.75, 3.05) is 36.9 Å². The normalized spacial score (nSPS) is 21.1. The third kappa shape index (κ3) is 7.58. The highest BCUT2D eigenvalue weighted by Crippen LogP contribution is 2.37. The van der Waals surface area contributed by atoms with Crippen molar-refractivity contribution in [3.63, 3.8) is 0 Å². The van der Waals surface area contributed by atoms with Crippen molar-refractivity contribution < 1.29 is 19.5 Å². The van der Waals surface area contributed by atoms with E-state index in [0.29, 0.717) is 35.1 Å². The molecule has 3 aromatic heterocycles. The van der Waals surface area contributed by atoms with Gasteiger partial charge in [-0.25, -0.2) is 9.78 Å². The number of fused-ring (bicyclic) bond motifs is 2. The largest absolute Gasteiger partial charge is 0.386 e. The third-order valence-corrected chi connectivity index (χ3v) is 12.6. The molecule has 300 valence electrons. The van der Waals surface area contributed by atoms with E-state index in [0.717, 1.165) is 80.3 Å². The molecule has 1 saturated carbocycles. The Hall–Kier alpha value is -5.05. The highest BCUT2D eigenvalue weighted by Gasteiger charge is 2.33. The Bertz CT molecular complexity index is 2410. The summed E-state index contributed by atoms with van der Waals surface area (Å²) in [6.45, 7) is 6.14. The molecular formula is C42H50ClN9O5. The van der Waals surface area contributed by atoms with Crippen LogP contribution >= 0.6 is 11.6 Å². The molecule has 3 aliphatic rings. The number of aromatic nitrogens is 5. The summed E-state index contributed by atoms with van der Waals surface area (Å²) in [7, 11) is 4.00. The van der Waals surface area contributed by atoms with Gasteiger partial charge < -0.3 is 20.2 Å². The number of rotatable bonds is 9. The summed E-state index contributed by atoms with van der Waals surface area (Å²) in [6, 6.07) is 12.9. The first-order valence-electron chi connectivity index (χ1n) is 19.9. The number of para-hydroxylation sites is 1. The summed E-state index contributed by atoms with van der Waals surface area (Å²) in [4.78, 5) is 60.1. The number of aliphatic hydroxyl groups is 1. The SMILES string of the molecule is CN(C[C@H]1CC[C@H](n2cc3cc(NC(=O)c4ncccc4Cl)c(C(C)(C)O)cc3n2)CC1)C1CCN(c2cccc3c2n(C)c(=O)n3C2CCC(=O)NC2=O)CC1. The predicted octanol–water partition coefficient (Wildman–Crippen LogP) is 5.53. The predicted molar refractivity (Wildman–Crippen MR) is 220 cm³/mol. The number of carbonyl (C=O) groups is 3. The number of hydrogen-bond donors (Lipinski definition) is 3. The van der Waals surface area contributed by atoms with Crippen LogP contribution in [0.1, 0.15) is 93.3 Å². The van der Waals surface area contributed by atoms with Gasteiger partial charge in [0.15, 0.2) is 0 Å². The number of carbonyl (C=O) groups excluding carboxylic acids is 3. The fourth-order valence-corrected chi connectivity index (χ4v) is 9.43. The molecule has 0 bridgehead atoms. The van der Waals surface area contributed by atoms with Crippen LogP contribution in [0.3, 0.4) is 0 Å². The average Bonchev–Trinajstić information content (AvgIpc) is 3.72. The van der Waals surface area contributed by atoms with Crippen molar-refractivity contribution in [3.8, 4) is 0 Å². The van der Waals surface area contributed by atoms with E-state index < -0.39 is 23.5 Å². The number of benzene rings is 2. The van der Waals surface area contributed by atoms with E-state index >= 15 is 0 Å². The molecule has 2 saturated heterocycles. The van der Waals surface area contributed by atoms with E-state index in [1.54, 1.807) is 42.2 Å². The summed E-state index contributed by atoms with van der Waals surface area (Å²) in [5.74, 6) is -0.583. The highest BCUT2D eigenvalue weighted by molar-refractivity contribution is 6.34. The molecule has 0 radical (unpaired) electrons. The van der Waals surface area contributed by atoms with Crippen molar-refractivity contribution in [2.45, 2.75) is 88.9 Å². The molecular weight excluding hydrogens is 746 g/mol. The topological polar surface area (TPSA) is 160 Å². The van der Waals surface area contributed by atoms with Crippen LogP contribution in [-0.4, -0.2) is 84.4 Å². The van der Waals surface area contributed by atoms with Crippen LogP contribution in [0.2, 0.25) is 5.02 Å². The minimum Gasteiger partial charge on any atom is -0.386 e. The number of nitrogens with zero attached hydrogens (tertiary/aromatic N) is 7. The second-order valence-electron chi connectivity index (χ2n) is 16.6. The van der Waals surface area contributed by atoms with Crippen molar-refractivity contribution in [1.82, 2.24) is 34.1 Å². The third-order valence-electron chi connectivity index (χ3n) is 12.3. The molecule has 1 unspecified atom stereocenters. The molecule has 2 aliphatic heterocycles. The fraction of sp³-hybridized carbons (Fsp3) is 0.476. The lowest BCUT2D eigenvalue weighted by molar-refractivity contribution is -0.135. The lowest BCUT2D eigenvalue weighted by atomic mass is 9.85. The maximum absolute atomic E-state index is 13.5. The van der Waals surface area contributed by atoms with Crippen molar-refractivity contribution in [1.29, 1.82) is 0 Å². The fourth-order valence-electron chi connectivity index (χ4n) is 9.22. The minimum atomic E-state index is -1.23. The second-order valence-corrected chi connectivity index (χ2v) is 17.0. The number of amides is 3. The second kappa shape index (κ2) is 15.4. The van der Waals surface area contributed by atoms with Gasteiger partial charge in [-0.1, -0.05) is 17.7 Å². The van der Waals surface area contributed by atoms with Gasteiger partial charge in [-0.05, 0) is 108 Å². The minimum absolute atomic E-state index is 0.118. The van der Waals surface area contributed by atoms with Crippen molar-refractivity contribution >= 4 is 62.6 Å². The Kier molecular flexibility index (Phi) is 10.5. The molecule has 3 amide bonds. The molecule has 3 N–H and O–H groups in total. The van der Waals surface area contributed by atoms with Crippen LogP contribution in [0.15, 0.2) is 59.7 Å². The van der Waals surface area contributed by atoms with Gasteiger partial charge in [0.25, 0.3) is 5.91 Å². The molecule has 1 aliphatic carbocycles. The molecule has 14 nitrogen and oxygen atoms in total. The first kappa shape index (κ1) is 38.8. The van der Waals surface area contributed by atoms with Crippen LogP contribution in [-0.2, 0) is 22.2 Å². The van der Waals surface area contributed by atoms with E-state index in [-0.39, 0.29) is 34.8 Å². The summed E-state index contributed by atoms with van der Waals surface area (Å²) in [5, 5.41) is 22.4. The lowest BCUT2D eigenvalue weighted by Crippen LogP contribution is -2.45. The van der Waals surface area contributed by atoms with Crippen LogP contribution in [0.25, 0.3) is 21.9 Å². The highest BCUT2D eigenvalue weighted by atomic mass is 35.5. The summed E-state index contributed by atoms with van der Waals surface area (Å²) >= 11 is 6.24. The number of aryl methyl sites for hydroxylation is 1. The van der Waals surface area contributed by atoms with Crippen LogP contribution in [0, 0.1) is 5.92 Å². The Balaban J connectivity index is 0.885. The number of pyridine rings is 1. The Morgan fingerprint density at radius 3 is 2.49 bits per heavy atom. The number of halogens is 1. The summed E-state index contributed by atoms with van der Waals surface area (Å²) in [6.07, 6.45) is 10.3. The number of hydrogen-bond acceptors (Lipinski definition) is 9. The van der Waals surface area contributed by atoms with Gasteiger partial charge >= 0.3 is 5.69 Å². The van der Waals surface area contributed by atoms with E-state index in [1.165, 1.54) is 6.20 Å². The Morgan fingerprint density at radius 2 is 1.79 bits per heavy atom. The zero-order chi connectivity index (χ0) is 40.2. The quantitative estimate of drug-likeness (QED) is 0.163. The first-order chi connectivity index (χ1) is 27.3. The van der Waals surface area contributed by atoms with Crippen LogP contribution < -0.4 is 21.2 Å². The van der Waals surface area contributed by atoms with E-state index in [9.17, 15) is 24.3 Å². The molecule has 1 atom stereocenters. The number of imidazole rings is 1. The van der Waals surface area contributed by atoms with Gasteiger partial charge in [-0.15, -0.1) is 0 Å². The Morgan fingerprint density at radius 1 is 1.04 bits per heavy atom.